The van der Waals surface area contributed by atoms with Gasteiger partial charge in [-0.2, -0.15) is 0 Å². The lowest BCUT2D eigenvalue weighted by Gasteiger charge is -2.16. The van der Waals surface area contributed by atoms with Crippen LogP contribution in [0.25, 0.3) is 10.1 Å². The van der Waals surface area contributed by atoms with Crippen molar-refractivity contribution in [2.45, 2.75) is 19.0 Å². The van der Waals surface area contributed by atoms with Gasteiger partial charge in [0.2, 0.25) is 0 Å². The summed E-state index contributed by atoms with van der Waals surface area (Å²) in [5.74, 6) is -0.0576. The van der Waals surface area contributed by atoms with Gasteiger partial charge in [-0.1, -0.05) is 60.1 Å². The maximum atomic E-state index is 12.7. The second kappa shape index (κ2) is 7.16. The number of hydrogen-bond donors (Lipinski definition) is 1. The number of benzene rings is 2. The SMILES string of the molecule is O=C(N[C@@H]1CCN(Cc2ccccc2)C1)c1sc2ccccc2c1Cl. The highest BCUT2D eigenvalue weighted by Gasteiger charge is 2.26. The molecule has 0 spiro atoms. The molecule has 1 aliphatic heterocycles. The van der Waals surface area contributed by atoms with Gasteiger partial charge in [-0.15, -0.1) is 11.3 Å². The van der Waals surface area contributed by atoms with E-state index in [0.717, 1.165) is 36.1 Å². The summed E-state index contributed by atoms with van der Waals surface area (Å²) in [6.45, 7) is 2.81. The van der Waals surface area contributed by atoms with E-state index < -0.39 is 0 Å². The van der Waals surface area contributed by atoms with Crippen LogP contribution in [0, 0.1) is 0 Å². The minimum absolute atomic E-state index is 0.0576. The van der Waals surface area contributed by atoms with E-state index in [1.807, 2.05) is 30.3 Å². The van der Waals surface area contributed by atoms with Gasteiger partial charge in [-0.05, 0) is 18.1 Å². The van der Waals surface area contributed by atoms with E-state index in [1.54, 1.807) is 0 Å². The van der Waals surface area contributed by atoms with E-state index in [2.05, 4.69) is 34.5 Å². The van der Waals surface area contributed by atoms with Crippen molar-refractivity contribution in [1.82, 2.24) is 10.2 Å². The summed E-state index contributed by atoms with van der Waals surface area (Å²) in [6, 6.07) is 18.5. The smallest absolute Gasteiger partial charge is 0.263 e. The summed E-state index contributed by atoms with van der Waals surface area (Å²) in [4.78, 5) is 15.6. The number of nitrogens with zero attached hydrogens (tertiary/aromatic N) is 1. The zero-order valence-electron chi connectivity index (χ0n) is 13.7. The highest BCUT2D eigenvalue weighted by Crippen LogP contribution is 2.35. The minimum Gasteiger partial charge on any atom is -0.347 e. The topological polar surface area (TPSA) is 32.3 Å². The number of halogens is 1. The van der Waals surface area contributed by atoms with Gasteiger partial charge in [0.1, 0.15) is 4.88 Å². The molecule has 1 aliphatic rings. The summed E-state index contributed by atoms with van der Waals surface area (Å²) >= 11 is 7.87. The molecule has 1 N–H and O–H groups in total. The van der Waals surface area contributed by atoms with Crippen molar-refractivity contribution in [2.24, 2.45) is 0 Å². The normalized spacial score (nSPS) is 17.9. The number of fused-ring (bicyclic) bond motifs is 1. The molecule has 1 saturated heterocycles. The second-order valence-electron chi connectivity index (χ2n) is 6.42. The Morgan fingerprint density at radius 2 is 1.92 bits per heavy atom. The van der Waals surface area contributed by atoms with E-state index >= 15 is 0 Å². The minimum atomic E-state index is -0.0576. The van der Waals surface area contributed by atoms with Crippen LogP contribution < -0.4 is 5.32 Å². The number of carbonyl (C=O) groups is 1. The maximum absolute atomic E-state index is 12.7. The van der Waals surface area contributed by atoms with Crippen LogP contribution in [0.1, 0.15) is 21.7 Å². The molecule has 0 bridgehead atoms. The van der Waals surface area contributed by atoms with Gasteiger partial charge < -0.3 is 5.32 Å². The van der Waals surface area contributed by atoms with Gasteiger partial charge in [0.15, 0.2) is 0 Å². The third-order valence-electron chi connectivity index (χ3n) is 4.60. The fourth-order valence-electron chi connectivity index (χ4n) is 3.35. The van der Waals surface area contributed by atoms with Crippen molar-refractivity contribution in [3.8, 4) is 0 Å². The average molecular weight is 371 g/mol. The first-order valence-corrected chi connectivity index (χ1v) is 9.64. The lowest BCUT2D eigenvalue weighted by Crippen LogP contribution is -2.36. The van der Waals surface area contributed by atoms with Crippen LogP contribution in [0.5, 0.6) is 0 Å². The Kier molecular flexibility index (Phi) is 4.75. The standard InChI is InChI=1S/C20H19ClN2OS/c21-18-16-8-4-5-9-17(16)25-19(18)20(24)22-15-10-11-23(13-15)12-14-6-2-1-3-7-14/h1-9,15H,10-13H2,(H,22,24)/t15-/m1/s1. The van der Waals surface area contributed by atoms with E-state index in [1.165, 1.54) is 16.9 Å². The Bertz CT molecular complexity index is 893. The molecule has 128 valence electrons. The largest absolute Gasteiger partial charge is 0.347 e. The van der Waals surface area contributed by atoms with Crippen LogP contribution in [0.15, 0.2) is 54.6 Å². The summed E-state index contributed by atoms with van der Waals surface area (Å²) in [5.41, 5.74) is 1.31. The Morgan fingerprint density at radius 3 is 2.72 bits per heavy atom. The molecule has 1 fully saturated rings. The predicted molar refractivity (Wildman–Crippen MR) is 104 cm³/mol. The molecule has 2 heterocycles. The maximum Gasteiger partial charge on any atom is 0.263 e. The first-order valence-electron chi connectivity index (χ1n) is 8.45. The monoisotopic (exact) mass is 370 g/mol. The lowest BCUT2D eigenvalue weighted by atomic mass is 10.2. The number of nitrogens with one attached hydrogen (secondary N) is 1. The fraction of sp³-hybridized carbons (Fsp3) is 0.250. The molecule has 3 aromatic rings. The number of thiophene rings is 1. The van der Waals surface area contributed by atoms with E-state index in [0.29, 0.717) is 9.90 Å². The molecule has 1 aromatic heterocycles. The molecular weight excluding hydrogens is 352 g/mol. The number of carbonyl (C=O) groups excluding carboxylic acids is 1. The highest BCUT2D eigenvalue weighted by atomic mass is 35.5. The van der Waals surface area contributed by atoms with Crippen LogP contribution in [0.2, 0.25) is 5.02 Å². The number of hydrogen-bond acceptors (Lipinski definition) is 3. The van der Waals surface area contributed by atoms with Crippen LogP contribution in [-0.4, -0.2) is 29.9 Å². The quantitative estimate of drug-likeness (QED) is 0.730. The molecule has 1 amide bonds. The molecule has 0 unspecified atom stereocenters. The van der Waals surface area contributed by atoms with E-state index in [9.17, 15) is 4.79 Å². The summed E-state index contributed by atoms with van der Waals surface area (Å²) in [7, 11) is 0. The summed E-state index contributed by atoms with van der Waals surface area (Å²) < 4.78 is 1.05. The zero-order valence-corrected chi connectivity index (χ0v) is 15.3. The van der Waals surface area contributed by atoms with Crippen molar-refractivity contribution >= 4 is 38.9 Å². The fourth-order valence-corrected chi connectivity index (χ4v) is 4.77. The lowest BCUT2D eigenvalue weighted by molar-refractivity contribution is 0.0942. The van der Waals surface area contributed by atoms with Gasteiger partial charge in [0.05, 0.1) is 5.02 Å². The van der Waals surface area contributed by atoms with Gasteiger partial charge in [0.25, 0.3) is 5.91 Å². The van der Waals surface area contributed by atoms with Gasteiger partial charge in [-0.3, -0.25) is 9.69 Å². The van der Waals surface area contributed by atoms with E-state index in [-0.39, 0.29) is 11.9 Å². The second-order valence-corrected chi connectivity index (χ2v) is 7.85. The molecule has 4 rings (SSSR count). The number of amides is 1. The predicted octanol–water partition coefficient (Wildman–Crippen LogP) is 4.56. The van der Waals surface area contributed by atoms with E-state index in [4.69, 9.17) is 11.6 Å². The third-order valence-corrected chi connectivity index (χ3v) is 6.27. The van der Waals surface area contributed by atoms with Crippen LogP contribution in [0.4, 0.5) is 0 Å². The summed E-state index contributed by atoms with van der Waals surface area (Å²) in [5, 5.41) is 4.68. The molecule has 0 saturated carbocycles. The molecule has 0 aliphatic carbocycles. The first-order chi connectivity index (χ1) is 12.2. The van der Waals surface area contributed by atoms with Crippen molar-refractivity contribution < 1.29 is 4.79 Å². The van der Waals surface area contributed by atoms with Gasteiger partial charge in [-0.25, -0.2) is 0 Å². The van der Waals surface area contributed by atoms with Gasteiger partial charge >= 0.3 is 0 Å². The Hall–Kier alpha value is -1.88. The molecule has 0 radical (unpaired) electrons. The first kappa shape index (κ1) is 16.6. The molecular formula is C20H19ClN2OS. The average Bonchev–Trinajstić information content (AvgIpc) is 3.20. The number of rotatable bonds is 4. The molecule has 2 aromatic carbocycles. The molecule has 3 nitrogen and oxygen atoms in total. The zero-order chi connectivity index (χ0) is 17.2. The Labute approximate surface area is 156 Å². The molecule has 25 heavy (non-hydrogen) atoms. The third kappa shape index (κ3) is 3.56. The highest BCUT2D eigenvalue weighted by molar-refractivity contribution is 7.21. The van der Waals surface area contributed by atoms with Gasteiger partial charge in [0, 0.05) is 35.8 Å². The van der Waals surface area contributed by atoms with Crippen molar-refractivity contribution in [3.05, 3.63) is 70.1 Å². The van der Waals surface area contributed by atoms with Crippen LogP contribution >= 0.6 is 22.9 Å². The molecule has 5 heteroatoms. The van der Waals surface area contributed by atoms with Crippen molar-refractivity contribution in [1.29, 1.82) is 0 Å². The van der Waals surface area contributed by atoms with Crippen LogP contribution in [0.3, 0.4) is 0 Å². The van der Waals surface area contributed by atoms with Crippen LogP contribution in [-0.2, 0) is 6.54 Å². The Morgan fingerprint density at radius 1 is 1.16 bits per heavy atom. The van der Waals surface area contributed by atoms with Crippen molar-refractivity contribution in [3.63, 3.8) is 0 Å². The Balaban J connectivity index is 1.40. The number of likely N-dealkylation sites (tertiary alicyclic amines) is 1. The van der Waals surface area contributed by atoms with Crippen molar-refractivity contribution in [2.75, 3.05) is 13.1 Å². The summed E-state index contributed by atoms with van der Waals surface area (Å²) in [6.07, 6.45) is 0.973. The molecule has 1 atom stereocenters.